The number of halogens is 1. The third kappa shape index (κ3) is 2.42. The van der Waals surface area contributed by atoms with E-state index in [1.807, 2.05) is 24.3 Å². The Morgan fingerprint density at radius 1 is 1.15 bits per heavy atom. The number of amides is 1. The van der Waals surface area contributed by atoms with E-state index in [4.69, 9.17) is 4.74 Å². The summed E-state index contributed by atoms with van der Waals surface area (Å²) in [7, 11) is 0. The molecule has 1 amide bonds. The van der Waals surface area contributed by atoms with Gasteiger partial charge in [0, 0.05) is 9.26 Å². The second-order valence-electron chi connectivity index (χ2n) is 5.18. The third-order valence-electron chi connectivity index (χ3n) is 3.97. The van der Waals surface area contributed by atoms with E-state index in [0.29, 0.717) is 5.69 Å². The normalized spacial score (nSPS) is 31.2. The monoisotopic (exact) mass is 387 g/mol. The highest BCUT2D eigenvalue weighted by atomic mass is 127. The molecule has 0 unspecified atom stereocenters. The van der Waals surface area contributed by atoms with Crippen LogP contribution in [0.3, 0.4) is 0 Å². The van der Waals surface area contributed by atoms with E-state index >= 15 is 0 Å². The van der Waals surface area contributed by atoms with Gasteiger partial charge in [0.2, 0.25) is 5.91 Å². The predicted molar refractivity (Wildman–Crippen MR) is 80.3 cm³/mol. The number of carboxylic acids is 1. The maximum atomic E-state index is 12.3. The average Bonchev–Trinajstić information content (AvgIpc) is 3.01. The van der Waals surface area contributed by atoms with Crippen molar-refractivity contribution in [1.82, 2.24) is 0 Å². The first-order valence-electron chi connectivity index (χ1n) is 6.51. The Morgan fingerprint density at radius 2 is 1.75 bits per heavy atom. The number of fused-ring (bicyclic) bond motifs is 2. The van der Waals surface area contributed by atoms with E-state index in [0.717, 1.165) is 16.4 Å². The van der Waals surface area contributed by atoms with Crippen LogP contribution in [0.2, 0.25) is 0 Å². The van der Waals surface area contributed by atoms with Gasteiger partial charge in [0.15, 0.2) is 0 Å². The summed E-state index contributed by atoms with van der Waals surface area (Å²) in [5.41, 5.74) is 0.683. The van der Waals surface area contributed by atoms with Crippen LogP contribution in [0.4, 0.5) is 5.69 Å². The smallest absolute Gasteiger partial charge is 0.310 e. The zero-order chi connectivity index (χ0) is 14.3. The van der Waals surface area contributed by atoms with Crippen molar-refractivity contribution in [3.63, 3.8) is 0 Å². The highest BCUT2D eigenvalue weighted by molar-refractivity contribution is 14.1. The quantitative estimate of drug-likeness (QED) is 0.780. The summed E-state index contributed by atoms with van der Waals surface area (Å²) in [6, 6.07) is 7.40. The van der Waals surface area contributed by atoms with Gasteiger partial charge in [-0.25, -0.2) is 0 Å². The summed E-state index contributed by atoms with van der Waals surface area (Å²) in [6.07, 6.45) is 0.920. The van der Waals surface area contributed by atoms with Crippen LogP contribution in [0.25, 0.3) is 0 Å². The van der Waals surface area contributed by atoms with Gasteiger partial charge in [-0.15, -0.1) is 0 Å². The molecule has 0 aromatic heterocycles. The number of benzene rings is 1. The van der Waals surface area contributed by atoms with Crippen molar-refractivity contribution in [2.75, 3.05) is 5.32 Å². The van der Waals surface area contributed by atoms with Crippen LogP contribution in [0.1, 0.15) is 12.8 Å². The SMILES string of the molecule is O=C(O)[C@@H]1[C@@H](C(=O)Nc2ccc(I)cc2)[C@H]2CC[C@@H]1O2. The molecule has 0 radical (unpaired) electrons. The van der Waals surface area contributed by atoms with E-state index in [9.17, 15) is 14.7 Å². The Kier molecular flexibility index (Phi) is 3.68. The molecule has 1 aromatic rings. The van der Waals surface area contributed by atoms with Gasteiger partial charge in [-0.1, -0.05) is 0 Å². The van der Waals surface area contributed by atoms with E-state index in [2.05, 4.69) is 27.9 Å². The first-order valence-corrected chi connectivity index (χ1v) is 7.59. The predicted octanol–water partition coefficient (Wildman–Crippen LogP) is 2.11. The van der Waals surface area contributed by atoms with E-state index in [1.165, 1.54) is 0 Å². The van der Waals surface area contributed by atoms with Gasteiger partial charge in [0.25, 0.3) is 0 Å². The minimum Gasteiger partial charge on any atom is -0.481 e. The summed E-state index contributed by atoms with van der Waals surface area (Å²) < 4.78 is 6.67. The van der Waals surface area contributed by atoms with Gasteiger partial charge in [-0.05, 0) is 59.7 Å². The molecule has 0 saturated carbocycles. The Labute approximate surface area is 129 Å². The average molecular weight is 387 g/mol. The molecular weight excluding hydrogens is 373 g/mol. The lowest BCUT2D eigenvalue weighted by molar-refractivity contribution is -0.147. The second-order valence-corrected chi connectivity index (χ2v) is 6.42. The standard InChI is InChI=1S/C14H14INO4/c15-7-1-3-8(4-2-7)16-13(17)11-9-5-6-10(20-9)12(11)14(18)19/h1-4,9-12H,5-6H2,(H,16,17)(H,18,19)/t9-,10+,11+,12+/m1/s1. The van der Waals surface area contributed by atoms with Crippen molar-refractivity contribution in [2.24, 2.45) is 11.8 Å². The summed E-state index contributed by atoms with van der Waals surface area (Å²) in [5.74, 6) is -2.52. The maximum absolute atomic E-state index is 12.3. The van der Waals surface area contributed by atoms with Gasteiger partial charge in [0.1, 0.15) is 0 Å². The number of carbonyl (C=O) groups is 2. The molecule has 2 N–H and O–H groups in total. The van der Waals surface area contributed by atoms with Crippen LogP contribution in [0.5, 0.6) is 0 Å². The number of nitrogens with one attached hydrogen (secondary N) is 1. The lowest BCUT2D eigenvalue weighted by Crippen LogP contribution is -2.40. The molecule has 2 aliphatic rings. The molecule has 2 heterocycles. The number of hydrogen-bond acceptors (Lipinski definition) is 3. The van der Waals surface area contributed by atoms with Crippen LogP contribution < -0.4 is 5.32 Å². The van der Waals surface area contributed by atoms with Gasteiger partial charge in [-0.3, -0.25) is 9.59 Å². The van der Waals surface area contributed by atoms with Crippen molar-refractivity contribution < 1.29 is 19.4 Å². The van der Waals surface area contributed by atoms with Gasteiger partial charge < -0.3 is 15.2 Å². The summed E-state index contributed by atoms with van der Waals surface area (Å²) in [4.78, 5) is 23.7. The summed E-state index contributed by atoms with van der Waals surface area (Å²) in [5, 5.41) is 12.1. The number of rotatable bonds is 3. The highest BCUT2D eigenvalue weighted by Crippen LogP contribution is 2.44. The Balaban J connectivity index is 1.76. The topological polar surface area (TPSA) is 75.6 Å². The van der Waals surface area contributed by atoms with E-state index in [1.54, 1.807) is 0 Å². The Morgan fingerprint density at radius 3 is 2.35 bits per heavy atom. The number of aliphatic carboxylic acids is 1. The molecule has 5 nitrogen and oxygen atoms in total. The maximum Gasteiger partial charge on any atom is 0.310 e. The van der Waals surface area contributed by atoms with Crippen LogP contribution in [-0.2, 0) is 14.3 Å². The molecule has 0 spiro atoms. The number of carbonyl (C=O) groups excluding carboxylic acids is 1. The molecular formula is C14H14INO4. The van der Waals surface area contributed by atoms with Crippen molar-refractivity contribution >= 4 is 40.2 Å². The number of ether oxygens (including phenoxy) is 1. The molecule has 6 heteroatoms. The van der Waals surface area contributed by atoms with E-state index < -0.39 is 17.8 Å². The van der Waals surface area contributed by atoms with Crippen LogP contribution in [0.15, 0.2) is 24.3 Å². The molecule has 4 atom stereocenters. The number of hydrogen-bond donors (Lipinski definition) is 2. The lowest BCUT2D eigenvalue weighted by atomic mass is 9.78. The van der Waals surface area contributed by atoms with Crippen molar-refractivity contribution in [1.29, 1.82) is 0 Å². The Bertz CT molecular complexity index is 545. The molecule has 0 aliphatic carbocycles. The first-order chi connectivity index (χ1) is 9.56. The molecule has 2 aliphatic heterocycles. The van der Waals surface area contributed by atoms with Gasteiger partial charge in [-0.2, -0.15) is 0 Å². The van der Waals surface area contributed by atoms with E-state index in [-0.39, 0.29) is 18.1 Å². The van der Waals surface area contributed by atoms with Crippen molar-refractivity contribution in [3.8, 4) is 0 Å². The fourth-order valence-corrected chi connectivity index (χ4v) is 3.44. The molecule has 2 bridgehead atoms. The third-order valence-corrected chi connectivity index (χ3v) is 4.69. The zero-order valence-corrected chi connectivity index (χ0v) is 12.7. The summed E-state index contributed by atoms with van der Waals surface area (Å²) >= 11 is 2.18. The summed E-state index contributed by atoms with van der Waals surface area (Å²) in [6.45, 7) is 0. The Hall–Kier alpha value is -1.15. The fourth-order valence-electron chi connectivity index (χ4n) is 3.08. The van der Waals surface area contributed by atoms with Crippen LogP contribution in [-0.4, -0.2) is 29.2 Å². The van der Waals surface area contributed by atoms with Gasteiger partial charge >= 0.3 is 5.97 Å². The molecule has 3 rings (SSSR count). The largest absolute Gasteiger partial charge is 0.481 e. The number of carboxylic acid groups (broad SMARTS) is 1. The van der Waals surface area contributed by atoms with Crippen molar-refractivity contribution in [3.05, 3.63) is 27.8 Å². The molecule has 2 saturated heterocycles. The zero-order valence-electron chi connectivity index (χ0n) is 10.6. The minimum atomic E-state index is -0.944. The fraction of sp³-hybridized carbons (Fsp3) is 0.429. The molecule has 1 aromatic carbocycles. The highest BCUT2D eigenvalue weighted by Gasteiger charge is 2.55. The van der Waals surface area contributed by atoms with Crippen LogP contribution >= 0.6 is 22.6 Å². The minimum absolute atomic E-state index is 0.259. The van der Waals surface area contributed by atoms with Crippen molar-refractivity contribution in [2.45, 2.75) is 25.0 Å². The molecule has 106 valence electrons. The first kappa shape index (κ1) is 13.8. The number of anilines is 1. The van der Waals surface area contributed by atoms with Gasteiger partial charge in [0.05, 0.1) is 24.0 Å². The molecule has 20 heavy (non-hydrogen) atoms. The second kappa shape index (κ2) is 5.33. The molecule has 2 fully saturated rings. The lowest BCUT2D eigenvalue weighted by Gasteiger charge is -2.23. The van der Waals surface area contributed by atoms with Crippen LogP contribution in [0, 0.1) is 15.4 Å².